The summed E-state index contributed by atoms with van der Waals surface area (Å²) < 4.78 is 5.26. The van der Waals surface area contributed by atoms with E-state index in [4.69, 9.17) is 4.74 Å². The molecule has 0 bridgehead atoms. The molecule has 2 aromatic rings. The normalized spacial score (nSPS) is 11.2. The third-order valence-corrected chi connectivity index (χ3v) is 2.64. The van der Waals surface area contributed by atoms with Crippen molar-refractivity contribution in [2.45, 2.75) is 26.9 Å². The van der Waals surface area contributed by atoms with Gasteiger partial charge in [-0.15, -0.1) is 0 Å². The third kappa shape index (κ3) is 6.19. The van der Waals surface area contributed by atoms with Gasteiger partial charge >= 0.3 is 5.97 Å². The molecule has 0 aliphatic rings. The molecule has 2 rings (SSSR count). The predicted molar refractivity (Wildman–Crippen MR) is 81.1 cm³/mol. The summed E-state index contributed by atoms with van der Waals surface area (Å²) in [6, 6.07) is 22.2. The zero-order valence-electron chi connectivity index (χ0n) is 12.2. The molecule has 0 fully saturated rings. The Hall–Kier alpha value is -2.09. The van der Waals surface area contributed by atoms with Crippen LogP contribution in [0.15, 0.2) is 60.7 Å². The molecule has 0 aliphatic heterocycles. The molecule has 0 saturated heterocycles. The first-order chi connectivity index (χ1) is 9.61. The monoisotopic (exact) mass is 269 g/mol. The van der Waals surface area contributed by atoms with Crippen LogP contribution in [-0.4, -0.2) is 5.97 Å². The maximum atomic E-state index is 11.3. The van der Waals surface area contributed by atoms with Crippen molar-refractivity contribution in [3.63, 3.8) is 0 Å². The molecule has 0 N–H and O–H groups in total. The zero-order valence-corrected chi connectivity index (χ0v) is 12.2. The molecule has 2 heteroatoms. The van der Waals surface area contributed by atoms with E-state index in [1.807, 2.05) is 81.4 Å². The van der Waals surface area contributed by atoms with Gasteiger partial charge in [-0.05, 0) is 18.6 Å². The third-order valence-electron chi connectivity index (χ3n) is 2.64. The van der Waals surface area contributed by atoms with Crippen LogP contribution in [0.25, 0.3) is 0 Å². The quantitative estimate of drug-likeness (QED) is 0.770. The summed E-state index contributed by atoms with van der Waals surface area (Å²) in [5.41, 5.74) is 1.03. The molecule has 0 aliphatic carbocycles. The SMILES string of the molecule is CC(C)C(=O)OC(C)c1ccccc1.[c]1ccccc1. The van der Waals surface area contributed by atoms with Crippen molar-refractivity contribution in [3.8, 4) is 0 Å². The summed E-state index contributed by atoms with van der Waals surface area (Å²) in [7, 11) is 0. The van der Waals surface area contributed by atoms with Crippen LogP contribution in [0.2, 0.25) is 0 Å². The number of rotatable bonds is 3. The van der Waals surface area contributed by atoms with E-state index in [-0.39, 0.29) is 18.0 Å². The van der Waals surface area contributed by atoms with Crippen molar-refractivity contribution < 1.29 is 9.53 Å². The standard InChI is InChI=1S/C12H16O2.C6H5/c1-9(2)12(13)14-10(3)11-7-5-4-6-8-11;1-2-4-6-5-3-1/h4-10H,1-3H3;1-5H. The van der Waals surface area contributed by atoms with Crippen LogP contribution in [0.5, 0.6) is 0 Å². The predicted octanol–water partition coefficient (Wildman–Crippen LogP) is 4.43. The second-order valence-corrected chi connectivity index (χ2v) is 4.72. The van der Waals surface area contributed by atoms with Gasteiger partial charge in [-0.25, -0.2) is 0 Å². The summed E-state index contributed by atoms with van der Waals surface area (Å²) in [6.45, 7) is 5.55. The second-order valence-electron chi connectivity index (χ2n) is 4.72. The molecule has 1 radical (unpaired) electrons. The topological polar surface area (TPSA) is 26.3 Å². The Bertz CT molecular complexity index is 451. The van der Waals surface area contributed by atoms with E-state index in [2.05, 4.69) is 6.07 Å². The largest absolute Gasteiger partial charge is 0.458 e. The summed E-state index contributed by atoms with van der Waals surface area (Å²) in [6.07, 6.45) is -0.161. The summed E-state index contributed by atoms with van der Waals surface area (Å²) in [4.78, 5) is 11.3. The van der Waals surface area contributed by atoms with E-state index >= 15 is 0 Å². The highest BCUT2D eigenvalue weighted by Gasteiger charge is 2.13. The van der Waals surface area contributed by atoms with Gasteiger partial charge in [0, 0.05) is 0 Å². The van der Waals surface area contributed by atoms with Crippen LogP contribution in [0.4, 0.5) is 0 Å². The molecule has 2 nitrogen and oxygen atoms in total. The lowest BCUT2D eigenvalue weighted by Crippen LogP contribution is -2.14. The van der Waals surface area contributed by atoms with Gasteiger partial charge in [-0.3, -0.25) is 4.79 Å². The van der Waals surface area contributed by atoms with Crippen molar-refractivity contribution in [1.82, 2.24) is 0 Å². The Balaban J connectivity index is 0.000000276. The first kappa shape index (κ1) is 16.0. The van der Waals surface area contributed by atoms with Crippen molar-refractivity contribution in [3.05, 3.63) is 72.3 Å². The molecule has 105 valence electrons. The van der Waals surface area contributed by atoms with Crippen LogP contribution >= 0.6 is 0 Å². The number of esters is 1. The fourth-order valence-corrected chi connectivity index (χ4v) is 1.44. The minimum atomic E-state index is -0.161. The van der Waals surface area contributed by atoms with Gasteiger partial charge in [0.2, 0.25) is 0 Å². The van der Waals surface area contributed by atoms with Crippen molar-refractivity contribution in [1.29, 1.82) is 0 Å². The van der Waals surface area contributed by atoms with Crippen molar-refractivity contribution >= 4 is 5.97 Å². The Labute approximate surface area is 121 Å². The number of ether oxygens (including phenoxy) is 1. The minimum absolute atomic E-state index is 0.0684. The van der Waals surface area contributed by atoms with E-state index in [0.717, 1.165) is 5.56 Å². The average Bonchev–Trinajstić information content (AvgIpc) is 2.50. The Kier molecular flexibility index (Phi) is 7.12. The highest BCUT2D eigenvalue weighted by Crippen LogP contribution is 2.17. The molecule has 1 unspecified atom stereocenters. The second kappa shape index (κ2) is 8.92. The first-order valence-corrected chi connectivity index (χ1v) is 6.77. The average molecular weight is 269 g/mol. The van der Waals surface area contributed by atoms with Crippen LogP contribution in [0, 0.1) is 12.0 Å². The number of benzene rings is 2. The van der Waals surface area contributed by atoms with Gasteiger partial charge in [-0.1, -0.05) is 74.5 Å². The van der Waals surface area contributed by atoms with Crippen LogP contribution in [0.3, 0.4) is 0 Å². The van der Waals surface area contributed by atoms with Gasteiger partial charge in [0.05, 0.1) is 5.92 Å². The summed E-state index contributed by atoms with van der Waals surface area (Å²) in [5, 5.41) is 0. The van der Waals surface area contributed by atoms with Crippen LogP contribution < -0.4 is 0 Å². The summed E-state index contributed by atoms with van der Waals surface area (Å²) in [5.74, 6) is -0.220. The molecule has 1 atom stereocenters. The van der Waals surface area contributed by atoms with Gasteiger partial charge in [0.25, 0.3) is 0 Å². The molecule has 2 aromatic carbocycles. The molecule has 0 heterocycles. The van der Waals surface area contributed by atoms with Crippen LogP contribution in [-0.2, 0) is 9.53 Å². The maximum absolute atomic E-state index is 11.3. The lowest BCUT2D eigenvalue weighted by molar-refractivity contribution is -0.152. The fraction of sp³-hybridized carbons (Fsp3) is 0.278. The highest BCUT2D eigenvalue weighted by molar-refractivity contribution is 5.71. The Morgan fingerprint density at radius 2 is 1.50 bits per heavy atom. The lowest BCUT2D eigenvalue weighted by Gasteiger charge is -2.14. The fourth-order valence-electron chi connectivity index (χ4n) is 1.44. The van der Waals surface area contributed by atoms with Gasteiger partial charge in [0.15, 0.2) is 0 Å². The molecular weight excluding hydrogens is 248 g/mol. The number of carbonyl (C=O) groups is 1. The molecule has 0 amide bonds. The van der Waals surface area contributed by atoms with Crippen molar-refractivity contribution in [2.75, 3.05) is 0 Å². The molecule has 0 spiro atoms. The number of hydrogen-bond acceptors (Lipinski definition) is 2. The van der Waals surface area contributed by atoms with Gasteiger partial charge in [-0.2, -0.15) is 0 Å². The first-order valence-electron chi connectivity index (χ1n) is 6.77. The number of hydrogen-bond donors (Lipinski definition) is 0. The maximum Gasteiger partial charge on any atom is 0.308 e. The zero-order chi connectivity index (χ0) is 14.8. The minimum Gasteiger partial charge on any atom is -0.458 e. The number of carbonyl (C=O) groups excluding carboxylic acids is 1. The van der Waals surface area contributed by atoms with Gasteiger partial charge < -0.3 is 4.74 Å². The summed E-state index contributed by atoms with van der Waals surface area (Å²) >= 11 is 0. The molecule has 0 aromatic heterocycles. The smallest absolute Gasteiger partial charge is 0.308 e. The Morgan fingerprint density at radius 3 is 1.90 bits per heavy atom. The van der Waals surface area contributed by atoms with E-state index in [1.54, 1.807) is 0 Å². The van der Waals surface area contributed by atoms with E-state index in [0.29, 0.717) is 0 Å². The molecule has 0 saturated carbocycles. The van der Waals surface area contributed by atoms with Gasteiger partial charge in [0.1, 0.15) is 6.10 Å². The van der Waals surface area contributed by atoms with Crippen LogP contribution in [0.1, 0.15) is 32.4 Å². The van der Waals surface area contributed by atoms with E-state index in [1.165, 1.54) is 0 Å². The van der Waals surface area contributed by atoms with E-state index in [9.17, 15) is 4.79 Å². The Morgan fingerprint density at radius 1 is 0.950 bits per heavy atom. The highest BCUT2D eigenvalue weighted by atomic mass is 16.5. The van der Waals surface area contributed by atoms with Crippen molar-refractivity contribution in [2.24, 2.45) is 5.92 Å². The van der Waals surface area contributed by atoms with E-state index < -0.39 is 0 Å². The molecular formula is C18H21O2. The molecule has 20 heavy (non-hydrogen) atoms. The lowest BCUT2D eigenvalue weighted by atomic mass is 10.1.